The number of non-ortho nitro benzene ring substituents is 1. The first kappa shape index (κ1) is 12.6. The van der Waals surface area contributed by atoms with Gasteiger partial charge >= 0.3 is 6.03 Å². The first-order chi connectivity index (χ1) is 9.58. The van der Waals surface area contributed by atoms with Gasteiger partial charge in [-0.1, -0.05) is 12.1 Å². The minimum absolute atomic E-state index is 0.00607. The second-order valence-corrected chi connectivity index (χ2v) is 4.98. The molecule has 2 saturated heterocycles. The number of amides is 3. The lowest BCUT2D eigenvalue weighted by Gasteiger charge is -2.15. The van der Waals surface area contributed by atoms with Crippen LogP contribution in [0.3, 0.4) is 0 Å². The topological polar surface area (TPSA) is 83.8 Å². The number of nitrogens with zero attached hydrogens (tertiary/aromatic N) is 3. The fourth-order valence-corrected chi connectivity index (χ4v) is 2.73. The summed E-state index contributed by atoms with van der Waals surface area (Å²) in [7, 11) is 0. The Balaban J connectivity index is 1.76. The van der Waals surface area contributed by atoms with E-state index in [2.05, 4.69) is 0 Å². The molecule has 0 N–H and O–H groups in total. The third kappa shape index (κ3) is 1.91. The van der Waals surface area contributed by atoms with Crippen molar-refractivity contribution in [2.45, 2.75) is 25.4 Å². The van der Waals surface area contributed by atoms with E-state index in [4.69, 9.17) is 0 Å². The first-order valence-corrected chi connectivity index (χ1v) is 6.43. The zero-order chi connectivity index (χ0) is 14.3. The second-order valence-electron chi connectivity index (χ2n) is 4.98. The fourth-order valence-electron chi connectivity index (χ4n) is 2.73. The van der Waals surface area contributed by atoms with E-state index in [-0.39, 0.29) is 30.2 Å². The molecule has 2 heterocycles. The third-order valence-corrected chi connectivity index (χ3v) is 3.77. The van der Waals surface area contributed by atoms with E-state index in [9.17, 15) is 19.7 Å². The van der Waals surface area contributed by atoms with Crippen molar-refractivity contribution in [2.24, 2.45) is 0 Å². The van der Waals surface area contributed by atoms with E-state index in [0.29, 0.717) is 12.1 Å². The van der Waals surface area contributed by atoms with Gasteiger partial charge in [0, 0.05) is 18.7 Å². The average Bonchev–Trinajstić information content (AvgIpc) is 2.99. The lowest BCUT2D eigenvalue weighted by atomic mass is 10.2. The average molecular weight is 275 g/mol. The number of fused-ring (bicyclic) bond motifs is 1. The maximum absolute atomic E-state index is 12.1. The highest BCUT2D eigenvalue weighted by Gasteiger charge is 2.47. The summed E-state index contributed by atoms with van der Waals surface area (Å²) in [5, 5.41) is 10.6. The minimum atomic E-state index is -0.480. The predicted octanol–water partition coefficient (Wildman–Crippen LogP) is 1.52. The van der Waals surface area contributed by atoms with E-state index in [1.165, 1.54) is 17.0 Å². The highest BCUT2D eigenvalue weighted by Crippen LogP contribution is 2.28. The zero-order valence-corrected chi connectivity index (χ0v) is 10.7. The molecule has 104 valence electrons. The Kier molecular flexibility index (Phi) is 2.89. The molecule has 7 nitrogen and oxygen atoms in total. The molecule has 0 aromatic heterocycles. The van der Waals surface area contributed by atoms with Crippen LogP contribution in [0.25, 0.3) is 0 Å². The Hall–Kier alpha value is -2.44. The number of hydrogen-bond acceptors (Lipinski definition) is 4. The molecule has 0 bridgehead atoms. The number of imide groups is 1. The number of nitro benzene ring substituents is 1. The van der Waals surface area contributed by atoms with Gasteiger partial charge in [-0.3, -0.25) is 19.8 Å². The molecule has 0 radical (unpaired) electrons. The zero-order valence-electron chi connectivity index (χ0n) is 10.7. The molecule has 2 fully saturated rings. The standard InChI is InChI=1S/C13H13N3O4/c17-12-11-2-1-7-14(11)13(18)15(12)8-9-3-5-10(6-4-9)16(19)20/h3-6,11H,1-2,7-8H2/t11-/m1/s1. The molecule has 2 aliphatic rings. The molecular formula is C13H13N3O4. The quantitative estimate of drug-likeness (QED) is 0.475. The van der Waals surface area contributed by atoms with Gasteiger partial charge in [-0.2, -0.15) is 0 Å². The minimum Gasteiger partial charge on any atom is -0.312 e. The van der Waals surface area contributed by atoms with Crippen LogP contribution in [0.1, 0.15) is 18.4 Å². The van der Waals surface area contributed by atoms with Gasteiger partial charge in [0.25, 0.3) is 11.6 Å². The largest absolute Gasteiger partial charge is 0.327 e. The summed E-state index contributed by atoms with van der Waals surface area (Å²) in [4.78, 5) is 37.2. The Morgan fingerprint density at radius 1 is 1.25 bits per heavy atom. The van der Waals surface area contributed by atoms with E-state index >= 15 is 0 Å². The van der Waals surface area contributed by atoms with Crippen molar-refractivity contribution in [3.8, 4) is 0 Å². The van der Waals surface area contributed by atoms with Crippen molar-refractivity contribution < 1.29 is 14.5 Å². The summed E-state index contributed by atoms with van der Waals surface area (Å²) in [5.74, 6) is -0.161. The summed E-state index contributed by atoms with van der Waals surface area (Å²) in [6.07, 6.45) is 1.59. The van der Waals surface area contributed by atoms with Gasteiger partial charge in [-0.05, 0) is 18.4 Å². The van der Waals surface area contributed by atoms with E-state index in [1.54, 1.807) is 17.0 Å². The van der Waals surface area contributed by atoms with Crippen molar-refractivity contribution in [1.29, 1.82) is 0 Å². The Morgan fingerprint density at radius 3 is 2.55 bits per heavy atom. The van der Waals surface area contributed by atoms with Gasteiger partial charge in [0.05, 0.1) is 11.5 Å². The van der Waals surface area contributed by atoms with Gasteiger partial charge < -0.3 is 4.90 Å². The lowest BCUT2D eigenvalue weighted by molar-refractivity contribution is -0.384. The SMILES string of the molecule is O=C1[C@H]2CCCN2C(=O)N1Cc1ccc([N+](=O)[O-])cc1. The summed E-state index contributed by atoms with van der Waals surface area (Å²) in [5.41, 5.74) is 0.701. The summed E-state index contributed by atoms with van der Waals surface area (Å²) in [6.45, 7) is 0.800. The van der Waals surface area contributed by atoms with E-state index in [1.807, 2.05) is 0 Å². The van der Waals surface area contributed by atoms with E-state index < -0.39 is 4.92 Å². The molecule has 3 rings (SSSR count). The fraction of sp³-hybridized carbons (Fsp3) is 0.385. The summed E-state index contributed by atoms with van der Waals surface area (Å²) >= 11 is 0. The van der Waals surface area contributed by atoms with E-state index in [0.717, 1.165) is 12.8 Å². The van der Waals surface area contributed by atoms with Crippen molar-refractivity contribution in [3.63, 3.8) is 0 Å². The van der Waals surface area contributed by atoms with Gasteiger partial charge in [-0.25, -0.2) is 4.79 Å². The van der Waals surface area contributed by atoms with Crippen LogP contribution in [0.4, 0.5) is 10.5 Å². The number of nitro groups is 1. The van der Waals surface area contributed by atoms with Crippen LogP contribution in [0.2, 0.25) is 0 Å². The van der Waals surface area contributed by atoms with Gasteiger partial charge in [-0.15, -0.1) is 0 Å². The van der Waals surface area contributed by atoms with Gasteiger partial charge in [0.15, 0.2) is 0 Å². The predicted molar refractivity (Wildman–Crippen MR) is 68.8 cm³/mol. The molecule has 0 spiro atoms. The monoisotopic (exact) mass is 275 g/mol. The van der Waals surface area contributed by atoms with Crippen LogP contribution in [0.5, 0.6) is 0 Å². The molecule has 1 aromatic rings. The number of rotatable bonds is 3. The van der Waals surface area contributed by atoms with Crippen LogP contribution in [-0.4, -0.2) is 39.2 Å². The highest BCUT2D eigenvalue weighted by atomic mass is 16.6. The number of benzene rings is 1. The smallest absolute Gasteiger partial charge is 0.312 e. The van der Waals surface area contributed by atoms with Crippen molar-refractivity contribution in [3.05, 3.63) is 39.9 Å². The number of hydrogen-bond donors (Lipinski definition) is 0. The van der Waals surface area contributed by atoms with Gasteiger partial charge in [0.2, 0.25) is 0 Å². The highest BCUT2D eigenvalue weighted by molar-refractivity contribution is 6.04. The molecule has 1 atom stereocenters. The molecule has 2 aliphatic heterocycles. The Labute approximate surface area is 114 Å². The van der Waals surface area contributed by atoms with Crippen LogP contribution < -0.4 is 0 Å². The maximum Gasteiger partial charge on any atom is 0.327 e. The van der Waals surface area contributed by atoms with Crippen LogP contribution in [0, 0.1) is 10.1 Å². The normalized spacial score (nSPS) is 21.5. The lowest BCUT2D eigenvalue weighted by Crippen LogP contribution is -2.32. The van der Waals surface area contributed by atoms with Crippen LogP contribution in [-0.2, 0) is 11.3 Å². The first-order valence-electron chi connectivity index (χ1n) is 6.43. The molecule has 0 unspecified atom stereocenters. The summed E-state index contributed by atoms with van der Waals surface area (Å²) < 4.78 is 0. The molecular weight excluding hydrogens is 262 g/mol. The van der Waals surface area contributed by atoms with Crippen molar-refractivity contribution in [1.82, 2.24) is 9.80 Å². The number of urea groups is 1. The van der Waals surface area contributed by atoms with Crippen LogP contribution >= 0.6 is 0 Å². The number of carbonyl (C=O) groups is 2. The number of carbonyl (C=O) groups excluding carboxylic acids is 2. The van der Waals surface area contributed by atoms with Crippen LogP contribution in [0.15, 0.2) is 24.3 Å². The molecule has 7 heteroatoms. The Morgan fingerprint density at radius 2 is 1.95 bits per heavy atom. The van der Waals surface area contributed by atoms with Crippen molar-refractivity contribution in [2.75, 3.05) is 6.54 Å². The van der Waals surface area contributed by atoms with Gasteiger partial charge in [0.1, 0.15) is 6.04 Å². The second kappa shape index (κ2) is 4.59. The maximum atomic E-state index is 12.1. The molecule has 3 amide bonds. The third-order valence-electron chi connectivity index (χ3n) is 3.77. The molecule has 0 saturated carbocycles. The molecule has 20 heavy (non-hydrogen) atoms. The van der Waals surface area contributed by atoms with Crippen molar-refractivity contribution >= 4 is 17.6 Å². The molecule has 0 aliphatic carbocycles. The summed E-state index contributed by atoms with van der Waals surface area (Å²) in [6, 6.07) is 5.34. The molecule has 1 aromatic carbocycles. The Bertz CT molecular complexity index is 562.